The summed E-state index contributed by atoms with van der Waals surface area (Å²) in [6.07, 6.45) is 1.50. The minimum atomic E-state index is 0.555. The summed E-state index contributed by atoms with van der Waals surface area (Å²) in [5.41, 5.74) is 3.22. The van der Waals surface area contributed by atoms with Crippen LogP contribution in [0.2, 0.25) is 0 Å². The van der Waals surface area contributed by atoms with Crippen LogP contribution >= 0.6 is 0 Å². The summed E-state index contributed by atoms with van der Waals surface area (Å²) in [4.78, 5) is 22.2. The van der Waals surface area contributed by atoms with E-state index in [0.717, 1.165) is 17.1 Å². The summed E-state index contributed by atoms with van der Waals surface area (Å²) in [7, 11) is 0. The lowest BCUT2D eigenvalue weighted by Crippen LogP contribution is -1.99. The number of benzene rings is 1. The molecule has 5 heteroatoms. The third-order valence-electron chi connectivity index (χ3n) is 2.28. The fraction of sp³-hybridized carbons (Fsp3) is 0.154. The van der Waals surface area contributed by atoms with Gasteiger partial charge in [0.15, 0.2) is 0 Å². The van der Waals surface area contributed by atoms with Gasteiger partial charge in [-0.2, -0.15) is 4.99 Å². The molecule has 0 aliphatic rings. The zero-order valence-corrected chi connectivity index (χ0v) is 10.1. The molecule has 0 radical (unpaired) electrons. The van der Waals surface area contributed by atoms with Gasteiger partial charge in [-0.1, -0.05) is 0 Å². The van der Waals surface area contributed by atoms with E-state index in [0.29, 0.717) is 11.6 Å². The van der Waals surface area contributed by atoms with Crippen LogP contribution in [0.25, 0.3) is 0 Å². The second-order valence-electron chi connectivity index (χ2n) is 3.85. The Morgan fingerprint density at radius 2 is 1.72 bits per heavy atom. The number of aliphatic imine (C=N–C) groups is 1. The van der Waals surface area contributed by atoms with Gasteiger partial charge in [-0.3, -0.25) is 0 Å². The van der Waals surface area contributed by atoms with Crippen molar-refractivity contribution in [1.29, 1.82) is 0 Å². The number of rotatable bonds is 3. The van der Waals surface area contributed by atoms with E-state index in [-0.39, 0.29) is 0 Å². The molecule has 90 valence electrons. The third-order valence-corrected chi connectivity index (χ3v) is 2.28. The molecule has 1 aromatic heterocycles. The van der Waals surface area contributed by atoms with Crippen LogP contribution in [0, 0.1) is 13.8 Å². The van der Waals surface area contributed by atoms with E-state index in [4.69, 9.17) is 0 Å². The van der Waals surface area contributed by atoms with E-state index < -0.39 is 0 Å². The summed E-state index contributed by atoms with van der Waals surface area (Å²) >= 11 is 0. The van der Waals surface area contributed by atoms with Crippen LogP contribution < -0.4 is 5.32 Å². The highest BCUT2D eigenvalue weighted by Gasteiger charge is 2.00. The van der Waals surface area contributed by atoms with Crippen molar-refractivity contribution in [1.82, 2.24) is 9.97 Å². The van der Waals surface area contributed by atoms with Crippen molar-refractivity contribution in [3.8, 4) is 0 Å². The van der Waals surface area contributed by atoms with Gasteiger partial charge >= 0.3 is 0 Å². The highest BCUT2D eigenvalue weighted by molar-refractivity contribution is 5.58. The van der Waals surface area contributed by atoms with Gasteiger partial charge in [0, 0.05) is 17.1 Å². The topological polar surface area (TPSA) is 67.2 Å². The highest BCUT2D eigenvalue weighted by Crippen LogP contribution is 2.18. The standard InChI is InChI=1S/C13H12N4O/c1-9-7-10(2)16-13(15-9)17-12-5-3-11(4-6-12)14-8-18/h3-7H,1-2H3,(H,15,16,17). The predicted octanol–water partition coefficient (Wildman–Crippen LogP) is 2.80. The molecule has 0 saturated heterocycles. The highest BCUT2D eigenvalue weighted by atomic mass is 16.1. The number of hydrogen-bond donors (Lipinski definition) is 1. The monoisotopic (exact) mass is 240 g/mol. The Bertz CT molecular complexity index is 581. The van der Waals surface area contributed by atoms with E-state index in [1.807, 2.05) is 19.9 Å². The average Bonchev–Trinajstić information content (AvgIpc) is 2.31. The van der Waals surface area contributed by atoms with Crippen molar-refractivity contribution in [3.05, 3.63) is 41.7 Å². The molecule has 5 nitrogen and oxygen atoms in total. The first-order chi connectivity index (χ1) is 8.67. The Labute approximate surface area is 105 Å². The summed E-state index contributed by atoms with van der Waals surface area (Å²) in [6, 6.07) is 8.95. The Morgan fingerprint density at radius 1 is 1.11 bits per heavy atom. The molecule has 0 unspecified atom stereocenters. The summed E-state index contributed by atoms with van der Waals surface area (Å²) in [5.74, 6) is 0.555. The van der Waals surface area contributed by atoms with Crippen molar-refractivity contribution < 1.29 is 4.79 Å². The second-order valence-corrected chi connectivity index (χ2v) is 3.85. The van der Waals surface area contributed by atoms with Gasteiger partial charge < -0.3 is 5.32 Å². The quantitative estimate of drug-likeness (QED) is 0.661. The lowest BCUT2D eigenvalue weighted by atomic mass is 10.3. The maximum atomic E-state index is 10.1. The maximum absolute atomic E-state index is 10.1. The molecule has 0 amide bonds. The zero-order valence-electron chi connectivity index (χ0n) is 10.1. The van der Waals surface area contributed by atoms with Crippen molar-refractivity contribution >= 4 is 23.4 Å². The molecule has 2 aromatic rings. The van der Waals surface area contributed by atoms with Gasteiger partial charge in [0.25, 0.3) is 0 Å². The van der Waals surface area contributed by atoms with Crippen LogP contribution in [0.3, 0.4) is 0 Å². The van der Waals surface area contributed by atoms with Crippen molar-refractivity contribution in [2.45, 2.75) is 13.8 Å². The van der Waals surface area contributed by atoms with E-state index in [2.05, 4.69) is 20.3 Å². The van der Waals surface area contributed by atoms with Gasteiger partial charge in [-0.25, -0.2) is 14.8 Å². The number of nitrogens with zero attached hydrogens (tertiary/aromatic N) is 3. The van der Waals surface area contributed by atoms with E-state index in [1.54, 1.807) is 24.3 Å². The molecule has 1 heterocycles. The van der Waals surface area contributed by atoms with E-state index >= 15 is 0 Å². The first-order valence-corrected chi connectivity index (χ1v) is 5.44. The number of aromatic nitrogens is 2. The molecule has 18 heavy (non-hydrogen) atoms. The van der Waals surface area contributed by atoms with Gasteiger partial charge in [0.1, 0.15) is 0 Å². The van der Waals surface area contributed by atoms with Crippen LogP contribution in [-0.4, -0.2) is 16.0 Å². The van der Waals surface area contributed by atoms with Crippen molar-refractivity contribution in [2.24, 2.45) is 4.99 Å². The Kier molecular flexibility index (Phi) is 3.46. The SMILES string of the molecule is Cc1cc(C)nc(Nc2ccc(N=C=O)cc2)n1. The van der Waals surface area contributed by atoms with Gasteiger partial charge in [0.2, 0.25) is 12.0 Å². The number of anilines is 2. The Balaban J connectivity index is 2.20. The van der Waals surface area contributed by atoms with Gasteiger partial charge in [0.05, 0.1) is 5.69 Å². The van der Waals surface area contributed by atoms with Crippen LogP contribution in [-0.2, 0) is 4.79 Å². The van der Waals surface area contributed by atoms with Gasteiger partial charge in [-0.15, -0.1) is 0 Å². The summed E-state index contributed by atoms with van der Waals surface area (Å²) in [5, 5.41) is 3.09. The molecule has 0 aliphatic carbocycles. The molecule has 0 atom stereocenters. The van der Waals surface area contributed by atoms with Crippen LogP contribution in [0.4, 0.5) is 17.3 Å². The number of aryl methyl sites for hydroxylation is 2. The second kappa shape index (κ2) is 5.21. The Morgan fingerprint density at radius 3 is 2.28 bits per heavy atom. The minimum absolute atomic E-state index is 0.555. The fourth-order valence-electron chi connectivity index (χ4n) is 1.58. The molecular weight excluding hydrogens is 228 g/mol. The van der Waals surface area contributed by atoms with Crippen LogP contribution in [0.15, 0.2) is 35.3 Å². The minimum Gasteiger partial charge on any atom is -0.324 e. The van der Waals surface area contributed by atoms with Crippen molar-refractivity contribution in [3.63, 3.8) is 0 Å². The fourth-order valence-corrected chi connectivity index (χ4v) is 1.58. The predicted molar refractivity (Wildman–Crippen MR) is 69.0 cm³/mol. The maximum Gasteiger partial charge on any atom is 0.240 e. The van der Waals surface area contributed by atoms with Gasteiger partial charge in [-0.05, 0) is 44.2 Å². The molecule has 1 aromatic carbocycles. The molecule has 0 bridgehead atoms. The summed E-state index contributed by atoms with van der Waals surface area (Å²) in [6.45, 7) is 3.84. The molecule has 0 spiro atoms. The molecule has 2 rings (SSSR count). The number of carbonyl (C=O) groups excluding carboxylic acids is 1. The normalized spacial score (nSPS) is 9.67. The lowest BCUT2D eigenvalue weighted by molar-refractivity contribution is 0.565. The van der Waals surface area contributed by atoms with E-state index in [1.165, 1.54) is 6.08 Å². The van der Waals surface area contributed by atoms with Crippen molar-refractivity contribution in [2.75, 3.05) is 5.32 Å². The summed E-state index contributed by atoms with van der Waals surface area (Å²) < 4.78 is 0. The largest absolute Gasteiger partial charge is 0.324 e. The average molecular weight is 240 g/mol. The molecule has 1 N–H and O–H groups in total. The lowest BCUT2D eigenvalue weighted by Gasteiger charge is -2.06. The van der Waals surface area contributed by atoms with E-state index in [9.17, 15) is 4.79 Å². The smallest absolute Gasteiger partial charge is 0.240 e. The first-order valence-electron chi connectivity index (χ1n) is 5.44. The molecule has 0 saturated carbocycles. The zero-order chi connectivity index (χ0) is 13.0. The third kappa shape index (κ3) is 2.99. The van der Waals surface area contributed by atoms with Crippen LogP contribution in [0.5, 0.6) is 0 Å². The molecule has 0 fully saturated rings. The molecule has 0 aliphatic heterocycles. The number of isocyanates is 1. The van der Waals surface area contributed by atoms with Crippen LogP contribution in [0.1, 0.15) is 11.4 Å². The Hall–Kier alpha value is -2.52. The number of nitrogens with one attached hydrogen (secondary N) is 1. The molecular formula is C13H12N4O. The first kappa shape index (κ1) is 12.0. The number of hydrogen-bond acceptors (Lipinski definition) is 5.